The highest BCUT2D eigenvalue weighted by atomic mass is 19.1. The first-order valence-corrected chi connectivity index (χ1v) is 6.45. The highest BCUT2D eigenvalue weighted by molar-refractivity contribution is 5.47. The summed E-state index contributed by atoms with van der Waals surface area (Å²) in [5.41, 5.74) is 6.46. The number of aromatic nitrogens is 1. The van der Waals surface area contributed by atoms with Crippen LogP contribution in [0, 0.1) is 5.82 Å². The molecule has 0 aromatic carbocycles. The number of halogens is 1. The molecule has 1 saturated heterocycles. The summed E-state index contributed by atoms with van der Waals surface area (Å²) in [7, 11) is 2.15. The number of nitrogens with zero attached hydrogens (tertiary/aromatic N) is 3. The molecule has 1 aliphatic rings. The number of anilines is 1. The lowest BCUT2D eigenvalue weighted by atomic mass is 10.1. The summed E-state index contributed by atoms with van der Waals surface area (Å²) in [4.78, 5) is 8.80. The zero-order valence-corrected chi connectivity index (χ0v) is 11.1. The molecule has 1 atom stereocenters. The second-order valence-corrected chi connectivity index (χ2v) is 4.83. The largest absolute Gasteiger partial charge is 0.353 e. The quantitative estimate of drug-likeness (QED) is 0.878. The molecule has 1 fully saturated rings. The van der Waals surface area contributed by atoms with Gasteiger partial charge in [-0.05, 0) is 19.5 Å². The van der Waals surface area contributed by atoms with E-state index in [1.54, 1.807) is 0 Å². The van der Waals surface area contributed by atoms with E-state index in [0.29, 0.717) is 12.6 Å². The van der Waals surface area contributed by atoms with Crippen LogP contribution in [0.5, 0.6) is 0 Å². The van der Waals surface area contributed by atoms with Crippen molar-refractivity contribution in [1.29, 1.82) is 0 Å². The highest BCUT2D eigenvalue weighted by Crippen LogP contribution is 2.22. The molecule has 0 amide bonds. The van der Waals surface area contributed by atoms with Crippen LogP contribution in [0.3, 0.4) is 0 Å². The fraction of sp³-hybridized carbons (Fsp3) is 0.615. The van der Waals surface area contributed by atoms with E-state index in [2.05, 4.69) is 28.8 Å². The van der Waals surface area contributed by atoms with Crippen LogP contribution in [0.15, 0.2) is 12.3 Å². The van der Waals surface area contributed by atoms with Gasteiger partial charge in [-0.15, -0.1) is 0 Å². The van der Waals surface area contributed by atoms with Crippen molar-refractivity contribution in [2.45, 2.75) is 25.9 Å². The molecule has 2 heterocycles. The van der Waals surface area contributed by atoms with Crippen LogP contribution in [0.4, 0.5) is 10.2 Å². The zero-order valence-electron chi connectivity index (χ0n) is 11.1. The molecule has 0 aliphatic carbocycles. The van der Waals surface area contributed by atoms with E-state index in [1.165, 1.54) is 12.3 Å². The van der Waals surface area contributed by atoms with Gasteiger partial charge in [-0.3, -0.25) is 4.90 Å². The van der Waals surface area contributed by atoms with E-state index >= 15 is 0 Å². The Morgan fingerprint density at radius 3 is 2.94 bits per heavy atom. The average molecular weight is 252 g/mol. The molecule has 0 radical (unpaired) electrons. The van der Waals surface area contributed by atoms with Crippen LogP contribution >= 0.6 is 0 Å². The van der Waals surface area contributed by atoms with Crippen LogP contribution in [-0.2, 0) is 6.54 Å². The first kappa shape index (κ1) is 13.2. The van der Waals surface area contributed by atoms with Gasteiger partial charge in [-0.25, -0.2) is 9.37 Å². The Morgan fingerprint density at radius 2 is 2.28 bits per heavy atom. The Hall–Kier alpha value is -1.20. The summed E-state index contributed by atoms with van der Waals surface area (Å²) in [5, 5.41) is 0. The van der Waals surface area contributed by atoms with Crippen LogP contribution in [-0.4, -0.2) is 42.6 Å². The molecule has 1 aromatic heterocycles. The maximum absolute atomic E-state index is 13.2. The molecule has 5 heteroatoms. The average Bonchev–Trinajstić information content (AvgIpc) is 2.39. The number of hydrogen-bond acceptors (Lipinski definition) is 4. The van der Waals surface area contributed by atoms with Crippen LogP contribution in [0.2, 0.25) is 0 Å². The van der Waals surface area contributed by atoms with Gasteiger partial charge in [0.05, 0.1) is 6.20 Å². The zero-order chi connectivity index (χ0) is 13.1. The summed E-state index contributed by atoms with van der Waals surface area (Å²) in [6, 6.07) is 2.01. The van der Waals surface area contributed by atoms with Crippen molar-refractivity contribution in [2.75, 3.05) is 31.6 Å². The van der Waals surface area contributed by atoms with Gasteiger partial charge in [0.25, 0.3) is 0 Å². The van der Waals surface area contributed by atoms with Crippen molar-refractivity contribution in [3.8, 4) is 0 Å². The molecule has 4 nitrogen and oxygen atoms in total. The number of pyridine rings is 1. The Balaban J connectivity index is 2.21. The lowest BCUT2D eigenvalue weighted by Crippen LogP contribution is -2.51. The van der Waals surface area contributed by atoms with E-state index in [1.807, 2.05) is 0 Å². The van der Waals surface area contributed by atoms with Gasteiger partial charge in [0.1, 0.15) is 11.6 Å². The smallest absolute Gasteiger partial charge is 0.141 e. The molecule has 1 aliphatic heterocycles. The second kappa shape index (κ2) is 5.63. The van der Waals surface area contributed by atoms with Crippen LogP contribution < -0.4 is 10.6 Å². The number of piperazine rings is 1. The molecule has 2 rings (SSSR count). The third-order valence-corrected chi connectivity index (χ3v) is 3.68. The van der Waals surface area contributed by atoms with Gasteiger partial charge < -0.3 is 10.6 Å². The maximum atomic E-state index is 13.2. The molecule has 2 N–H and O–H groups in total. The van der Waals surface area contributed by atoms with E-state index in [-0.39, 0.29) is 5.82 Å². The summed E-state index contributed by atoms with van der Waals surface area (Å²) < 4.78 is 13.2. The highest BCUT2D eigenvalue weighted by Gasteiger charge is 2.24. The predicted molar refractivity (Wildman–Crippen MR) is 71.0 cm³/mol. The Bertz CT molecular complexity index is 410. The van der Waals surface area contributed by atoms with Crippen molar-refractivity contribution in [3.63, 3.8) is 0 Å². The minimum atomic E-state index is -0.319. The van der Waals surface area contributed by atoms with Crippen molar-refractivity contribution >= 4 is 5.82 Å². The molecule has 0 spiro atoms. The number of rotatable bonds is 3. The molecule has 1 aromatic rings. The normalized spacial score (nSPS) is 21.3. The first-order valence-electron chi connectivity index (χ1n) is 6.45. The molecule has 1 unspecified atom stereocenters. The van der Waals surface area contributed by atoms with Gasteiger partial charge in [-0.1, -0.05) is 6.92 Å². The van der Waals surface area contributed by atoms with Crippen molar-refractivity contribution < 1.29 is 4.39 Å². The van der Waals surface area contributed by atoms with Gasteiger partial charge in [-0.2, -0.15) is 0 Å². The van der Waals surface area contributed by atoms with Crippen LogP contribution in [0.1, 0.15) is 18.9 Å². The lowest BCUT2D eigenvalue weighted by Gasteiger charge is -2.40. The predicted octanol–water partition coefficient (Wildman–Crippen LogP) is 1.21. The molecule has 0 saturated carbocycles. The standard InChI is InChI=1S/C13H21FN4/c1-3-12-9-18(5-4-17(12)2)13-10(7-15)6-11(14)8-16-13/h6,8,12H,3-5,7,9,15H2,1-2H3. The lowest BCUT2D eigenvalue weighted by molar-refractivity contribution is 0.212. The summed E-state index contributed by atoms with van der Waals surface area (Å²) >= 11 is 0. The van der Waals surface area contributed by atoms with Gasteiger partial charge in [0, 0.05) is 37.8 Å². The van der Waals surface area contributed by atoms with E-state index in [4.69, 9.17) is 5.73 Å². The minimum absolute atomic E-state index is 0.319. The molecule has 18 heavy (non-hydrogen) atoms. The van der Waals surface area contributed by atoms with Gasteiger partial charge in [0.15, 0.2) is 0 Å². The fourth-order valence-electron chi connectivity index (χ4n) is 2.49. The third kappa shape index (κ3) is 2.62. The van der Waals surface area contributed by atoms with Crippen molar-refractivity contribution in [1.82, 2.24) is 9.88 Å². The van der Waals surface area contributed by atoms with E-state index < -0.39 is 0 Å². The van der Waals surface area contributed by atoms with Crippen molar-refractivity contribution in [3.05, 3.63) is 23.6 Å². The fourth-order valence-corrected chi connectivity index (χ4v) is 2.49. The molecular formula is C13H21FN4. The maximum Gasteiger partial charge on any atom is 0.141 e. The summed E-state index contributed by atoms with van der Waals surface area (Å²) in [5.74, 6) is 0.519. The SMILES string of the molecule is CCC1CN(c2ncc(F)cc2CN)CCN1C. The van der Waals surface area contributed by atoms with Gasteiger partial charge in [0.2, 0.25) is 0 Å². The Kier molecular flexibility index (Phi) is 4.14. The van der Waals surface area contributed by atoms with E-state index in [9.17, 15) is 4.39 Å². The molecular weight excluding hydrogens is 231 g/mol. The van der Waals surface area contributed by atoms with Crippen LogP contribution in [0.25, 0.3) is 0 Å². The summed E-state index contributed by atoms with van der Waals surface area (Å²) in [6.45, 7) is 5.36. The summed E-state index contributed by atoms with van der Waals surface area (Å²) in [6.07, 6.45) is 2.37. The van der Waals surface area contributed by atoms with Crippen molar-refractivity contribution in [2.24, 2.45) is 5.73 Å². The number of likely N-dealkylation sites (N-methyl/N-ethyl adjacent to an activating group) is 1. The second-order valence-electron chi connectivity index (χ2n) is 4.83. The third-order valence-electron chi connectivity index (χ3n) is 3.68. The first-order chi connectivity index (χ1) is 8.65. The van der Waals surface area contributed by atoms with E-state index in [0.717, 1.165) is 37.4 Å². The van der Waals surface area contributed by atoms with Gasteiger partial charge >= 0.3 is 0 Å². The molecule has 0 bridgehead atoms. The minimum Gasteiger partial charge on any atom is -0.353 e. The topological polar surface area (TPSA) is 45.4 Å². The number of hydrogen-bond donors (Lipinski definition) is 1. The Labute approximate surface area is 108 Å². The monoisotopic (exact) mass is 252 g/mol. The Morgan fingerprint density at radius 1 is 1.50 bits per heavy atom. The number of nitrogens with two attached hydrogens (primary N) is 1. The molecule has 100 valence electrons.